The minimum atomic E-state index is 0.388. The average Bonchev–Trinajstić information content (AvgIpc) is 2.00. The lowest BCUT2D eigenvalue weighted by Crippen LogP contribution is -2.56. The van der Waals surface area contributed by atoms with Crippen molar-refractivity contribution in [2.75, 3.05) is 21.1 Å². The van der Waals surface area contributed by atoms with Gasteiger partial charge in [-0.1, -0.05) is 5.57 Å². The Labute approximate surface area is 88.4 Å². The SMILES string of the molecule is CC1([N+](C)(C)C)C=C2CCCC(C2)C1. The topological polar surface area (TPSA) is 0 Å². The van der Waals surface area contributed by atoms with Crippen molar-refractivity contribution in [3.63, 3.8) is 0 Å². The van der Waals surface area contributed by atoms with Crippen molar-refractivity contribution >= 4 is 0 Å². The Morgan fingerprint density at radius 1 is 1.36 bits per heavy atom. The van der Waals surface area contributed by atoms with Crippen LogP contribution in [0.1, 0.15) is 39.0 Å². The zero-order valence-corrected chi connectivity index (χ0v) is 10.1. The molecule has 2 aliphatic rings. The molecule has 1 heteroatoms. The third-order valence-corrected chi connectivity index (χ3v) is 4.41. The fourth-order valence-electron chi connectivity index (χ4n) is 3.05. The van der Waals surface area contributed by atoms with Gasteiger partial charge in [0, 0.05) is 6.42 Å². The monoisotopic (exact) mass is 194 g/mol. The summed E-state index contributed by atoms with van der Waals surface area (Å²) in [6.07, 6.45) is 9.64. The maximum atomic E-state index is 2.59. The molecule has 1 nitrogen and oxygen atoms in total. The van der Waals surface area contributed by atoms with Gasteiger partial charge in [-0.25, -0.2) is 0 Å². The fraction of sp³-hybridized carbons (Fsp3) is 0.846. The highest BCUT2D eigenvalue weighted by Gasteiger charge is 2.42. The summed E-state index contributed by atoms with van der Waals surface area (Å²) < 4.78 is 1.08. The smallest absolute Gasteiger partial charge is 0.115 e. The highest BCUT2D eigenvalue weighted by molar-refractivity contribution is 5.18. The summed E-state index contributed by atoms with van der Waals surface area (Å²) in [4.78, 5) is 0. The second kappa shape index (κ2) is 3.10. The first kappa shape index (κ1) is 10.2. The van der Waals surface area contributed by atoms with Crippen LogP contribution in [0, 0.1) is 5.92 Å². The third-order valence-electron chi connectivity index (χ3n) is 4.41. The molecule has 0 radical (unpaired) electrons. The first-order valence-corrected chi connectivity index (χ1v) is 5.93. The molecular weight excluding hydrogens is 170 g/mol. The van der Waals surface area contributed by atoms with Gasteiger partial charge in [0.15, 0.2) is 0 Å². The van der Waals surface area contributed by atoms with Crippen molar-refractivity contribution in [2.45, 2.75) is 44.6 Å². The molecule has 0 aromatic rings. The standard InChI is InChI=1S/C13H24N/c1-13(14(2,3)4)9-11-6-5-7-12(8-11)10-13/h9,12H,5-8,10H2,1-4H3/q+1. The summed E-state index contributed by atoms with van der Waals surface area (Å²) in [6, 6.07) is 0. The Hall–Kier alpha value is -0.300. The molecule has 0 saturated heterocycles. The van der Waals surface area contributed by atoms with E-state index in [4.69, 9.17) is 0 Å². The Kier molecular flexibility index (Phi) is 2.26. The van der Waals surface area contributed by atoms with E-state index in [2.05, 4.69) is 34.1 Å². The molecule has 0 spiro atoms. The first-order valence-electron chi connectivity index (χ1n) is 5.93. The highest BCUT2D eigenvalue weighted by atomic mass is 15.3. The van der Waals surface area contributed by atoms with Crippen molar-refractivity contribution in [1.29, 1.82) is 0 Å². The molecule has 0 aromatic heterocycles. The van der Waals surface area contributed by atoms with Crippen LogP contribution >= 0.6 is 0 Å². The van der Waals surface area contributed by atoms with E-state index in [1.165, 1.54) is 32.1 Å². The molecule has 2 rings (SSSR count). The normalized spacial score (nSPS) is 38.0. The van der Waals surface area contributed by atoms with Crippen molar-refractivity contribution in [3.05, 3.63) is 11.6 Å². The molecule has 14 heavy (non-hydrogen) atoms. The van der Waals surface area contributed by atoms with Crippen LogP contribution in [0.25, 0.3) is 0 Å². The lowest BCUT2D eigenvalue weighted by molar-refractivity contribution is -0.915. The van der Waals surface area contributed by atoms with Gasteiger partial charge in [-0.3, -0.25) is 0 Å². The van der Waals surface area contributed by atoms with Gasteiger partial charge < -0.3 is 4.48 Å². The Morgan fingerprint density at radius 3 is 2.64 bits per heavy atom. The van der Waals surface area contributed by atoms with Crippen molar-refractivity contribution in [3.8, 4) is 0 Å². The van der Waals surface area contributed by atoms with E-state index in [1.807, 2.05) is 0 Å². The van der Waals surface area contributed by atoms with Crippen molar-refractivity contribution < 1.29 is 4.48 Å². The van der Waals surface area contributed by atoms with Gasteiger partial charge in [-0.05, 0) is 44.6 Å². The van der Waals surface area contributed by atoms with Crippen LogP contribution in [0.4, 0.5) is 0 Å². The predicted molar refractivity (Wildman–Crippen MR) is 61.1 cm³/mol. The molecule has 2 aliphatic carbocycles. The van der Waals surface area contributed by atoms with Gasteiger partial charge >= 0.3 is 0 Å². The van der Waals surface area contributed by atoms with E-state index in [0.29, 0.717) is 5.54 Å². The average molecular weight is 194 g/mol. The summed E-state index contributed by atoms with van der Waals surface area (Å²) in [6.45, 7) is 2.44. The quantitative estimate of drug-likeness (QED) is 0.445. The fourth-order valence-corrected chi connectivity index (χ4v) is 3.05. The van der Waals surface area contributed by atoms with E-state index < -0.39 is 0 Å². The van der Waals surface area contributed by atoms with E-state index in [0.717, 1.165) is 10.4 Å². The van der Waals surface area contributed by atoms with Crippen LogP contribution in [0.2, 0.25) is 0 Å². The van der Waals surface area contributed by atoms with Crippen LogP contribution in [0.15, 0.2) is 11.6 Å². The number of rotatable bonds is 1. The van der Waals surface area contributed by atoms with Gasteiger partial charge in [0.1, 0.15) is 5.54 Å². The summed E-state index contributed by atoms with van der Waals surface area (Å²) in [5, 5.41) is 0. The van der Waals surface area contributed by atoms with Gasteiger partial charge in [-0.2, -0.15) is 0 Å². The van der Waals surface area contributed by atoms with Gasteiger partial charge in [0.2, 0.25) is 0 Å². The van der Waals surface area contributed by atoms with E-state index in [-0.39, 0.29) is 0 Å². The van der Waals surface area contributed by atoms with Crippen LogP contribution in [-0.2, 0) is 0 Å². The van der Waals surface area contributed by atoms with Crippen LogP contribution in [-0.4, -0.2) is 31.2 Å². The maximum absolute atomic E-state index is 2.59. The van der Waals surface area contributed by atoms with Gasteiger partial charge in [-0.15, -0.1) is 0 Å². The zero-order valence-electron chi connectivity index (χ0n) is 10.1. The van der Waals surface area contributed by atoms with Crippen LogP contribution < -0.4 is 0 Å². The lowest BCUT2D eigenvalue weighted by Gasteiger charge is -2.48. The van der Waals surface area contributed by atoms with Crippen molar-refractivity contribution in [2.24, 2.45) is 5.92 Å². The van der Waals surface area contributed by atoms with E-state index in [9.17, 15) is 0 Å². The molecule has 0 aromatic carbocycles. The molecule has 2 unspecified atom stereocenters. The van der Waals surface area contributed by atoms with E-state index >= 15 is 0 Å². The summed E-state index contributed by atoms with van der Waals surface area (Å²) in [5.74, 6) is 0.978. The molecule has 0 N–H and O–H groups in total. The zero-order chi connectivity index (χ0) is 10.4. The first-order chi connectivity index (χ1) is 6.41. The second-order valence-electron chi connectivity index (χ2n) is 6.34. The van der Waals surface area contributed by atoms with Gasteiger partial charge in [0.25, 0.3) is 0 Å². The molecule has 80 valence electrons. The highest BCUT2D eigenvalue weighted by Crippen LogP contribution is 2.43. The van der Waals surface area contributed by atoms with E-state index in [1.54, 1.807) is 5.57 Å². The van der Waals surface area contributed by atoms with Crippen LogP contribution in [0.5, 0.6) is 0 Å². The Morgan fingerprint density at radius 2 is 2.07 bits per heavy atom. The molecule has 0 heterocycles. The number of nitrogens with zero attached hydrogens (tertiary/aromatic N) is 1. The molecular formula is C13H24N+. The number of quaternary nitrogens is 1. The molecule has 1 fully saturated rings. The molecule has 1 saturated carbocycles. The maximum Gasteiger partial charge on any atom is 0.115 e. The molecule has 2 bridgehead atoms. The lowest BCUT2D eigenvalue weighted by atomic mass is 9.70. The molecule has 0 amide bonds. The molecule has 0 aliphatic heterocycles. The summed E-state index contributed by atoms with van der Waals surface area (Å²) >= 11 is 0. The third kappa shape index (κ3) is 1.63. The second-order valence-corrected chi connectivity index (χ2v) is 6.34. The van der Waals surface area contributed by atoms with Gasteiger partial charge in [0.05, 0.1) is 21.1 Å². The minimum absolute atomic E-state index is 0.388. The predicted octanol–water partition coefficient (Wildman–Crippen LogP) is 2.97. The summed E-state index contributed by atoms with van der Waals surface area (Å²) in [7, 11) is 6.99. The Balaban J connectivity index is 2.30. The number of hydrogen-bond acceptors (Lipinski definition) is 0. The largest absolute Gasteiger partial charge is 0.323 e. The number of hydrogen-bond donors (Lipinski definition) is 0. The number of allylic oxidation sites excluding steroid dienone is 1. The number of fused-ring (bicyclic) bond motifs is 2. The molecule has 2 atom stereocenters. The van der Waals surface area contributed by atoms with Crippen LogP contribution in [0.3, 0.4) is 0 Å². The minimum Gasteiger partial charge on any atom is -0.323 e. The Bertz CT molecular complexity index is 259. The van der Waals surface area contributed by atoms with Crippen molar-refractivity contribution in [1.82, 2.24) is 0 Å². The number of likely N-dealkylation sites (N-methyl/N-ethyl adjacent to an activating group) is 1. The summed E-state index contributed by atoms with van der Waals surface area (Å²) in [5.41, 5.74) is 2.13.